The van der Waals surface area contributed by atoms with Gasteiger partial charge in [-0.1, -0.05) is 26.0 Å². The first-order chi connectivity index (χ1) is 10.0. The molecule has 0 saturated carbocycles. The molecule has 1 fully saturated rings. The van der Waals surface area contributed by atoms with E-state index in [9.17, 15) is 4.79 Å². The molecule has 2 rings (SSSR count). The summed E-state index contributed by atoms with van der Waals surface area (Å²) in [5.74, 6) is 0.969. The fourth-order valence-corrected chi connectivity index (χ4v) is 2.92. The molecule has 21 heavy (non-hydrogen) atoms. The van der Waals surface area contributed by atoms with E-state index in [4.69, 9.17) is 4.74 Å². The number of nitrogens with one attached hydrogen (secondary N) is 2. The van der Waals surface area contributed by atoms with Gasteiger partial charge in [-0.15, -0.1) is 0 Å². The summed E-state index contributed by atoms with van der Waals surface area (Å²) in [4.78, 5) is 12.3. The predicted octanol–water partition coefficient (Wildman–Crippen LogP) is 2.13. The highest BCUT2D eigenvalue weighted by Gasteiger charge is 2.36. The fraction of sp³-hybridized carbons (Fsp3) is 0.588. The van der Waals surface area contributed by atoms with E-state index < -0.39 is 0 Å². The Morgan fingerprint density at radius 3 is 3.00 bits per heavy atom. The van der Waals surface area contributed by atoms with Crippen molar-refractivity contribution in [2.75, 3.05) is 20.2 Å². The zero-order chi connectivity index (χ0) is 15.3. The van der Waals surface area contributed by atoms with Gasteiger partial charge in [0.15, 0.2) is 0 Å². The lowest BCUT2D eigenvalue weighted by Crippen LogP contribution is -2.55. The molecule has 0 radical (unpaired) electrons. The van der Waals surface area contributed by atoms with Gasteiger partial charge in [0.25, 0.3) is 0 Å². The van der Waals surface area contributed by atoms with Crippen LogP contribution in [0.25, 0.3) is 0 Å². The Kier molecular flexibility index (Phi) is 5.23. The number of ether oxygens (including phenoxy) is 1. The van der Waals surface area contributed by atoms with Crippen molar-refractivity contribution in [3.05, 3.63) is 29.8 Å². The van der Waals surface area contributed by atoms with Crippen LogP contribution in [0.4, 0.5) is 0 Å². The summed E-state index contributed by atoms with van der Waals surface area (Å²) in [5, 5.41) is 6.40. The number of piperidine rings is 1. The molecule has 0 spiro atoms. The van der Waals surface area contributed by atoms with Gasteiger partial charge in [0, 0.05) is 6.54 Å². The van der Waals surface area contributed by atoms with Gasteiger partial charge in [-0.3, -0.25) is 4.79 Å². The number of carbonyl (C=O) groups is 1. The Morgan fingerprint density at radius 1 is 1.48 bits per heavy atom. The molecule has 1 heterocycles. The number of hydrogen-bond donors (Lipinski definition) is 2. The lowest BCUT2D eigenvalue weighted by molar-refractivity contribution is -0.126. The standard InChI is InChI=1S/C17H26N2O2/c1-17(2)9-5-10-18-15(17)16(20)19-11-8-13-6-4-7-14(12-13)21-3/h4,6-7,12,15,18H,5,8-11H2,1-3H3,(H,19,20). The molecule has 0 aliphatic carbocycles. The molecule has 0 aromatic heterocycles. The average molecular weight is 290 g/mol. The summed E-state index contributed by atoms with van der Waals surface area (Å²) >= 11 is 0. The van der Waals surface area contributed by atoms with Crippen molar-refractivity contribution in [3.63, 3.8) is 0 Å². The molecule has 1 aliphatic rings. The topological polar surface area (TPSA) is 50.4 Å². The molecule has 1 unspecified atom stereocenters. The molecule has 4 nitrogen and oxygen atoms in total. The zero-order valence-electron chi connectivity index (χ0n) is 13.2. The molecule has 1 saturated heterocycles. The number of amides is 1. The Hall–Kier alpha value is -1.55. The lowest BCUT2D eigenvalue weighted by atomic mass is 9.77. The van der Waals surface area contributed by atoms with Crippen molar-refractivity contribution in [1.29, 1.82) is 0 Å². The lowest BCUT2D eigenvalue weighted by Gasteiger charge is -2.38. The van der Waals surface area contributed by atoms with Gasteiger partial charge in [0.1, 0.15) is 5.75 Å². The predicted molar refractivity (Wildman–Crippen MR) is 84.5 cm³/mol. The zero-order valence-corrected chi connectivity index (χ0v) is 13.2. The third-order valence-electron chi connectivity index (χ3n) is 4.24. The van der Waals surface area contributed by atoms with Gasteiger partial charge in [-0.25, -0.2) is 0 Å². The fourth-order valence-electron chi connectivity index (χ4n) is 2.92. The van der Waals surface area contributed by atoms with E-state index >= 15 is 0 Å². The van der Waals surface area contributed by atoms with Crippen LogP contribution in [0.1, 0.15) is 32.3 Å². The van der Waals surface area contributed by atoms with Gasteiger partial charge >= 0.3 is 0 Å². The maximum Gasteiger partial charge on any atom is 0.237 e. The summed E-state index contributed by atoms with van der Waals surface area (Å²) in [7, 11) is 1.66. The monoisotopic (exact) mass is 290 g/mol. The van der Waals surface area contributed by atoms with E-state index in [0.29, 0.717) is 6.54 Å². The largest absolute Gasteiger partial charge is 0.497 e. The smallest absolute Gasteiger partial charge is 0.237 e. The first-order valence-electron chi connectivity index (χ1n) is 7.67. The number of carbonyl (C=O) groups excluding carboxylic acids is 1. The number of hydrogen-bond acceptors (Lipinski definition) is 3. The van der Waals surface area contributed by atoms with Crippen LogP contribution in [0, 0.1) is 5.41 Å². The molecular weight excluding hydrogens is 264 g/mol. The van der Waals surface area contributed by atoms with Crippen LogP contribution >= 0.6 is 0 Å². The normalized spacial score (nSPS) is 20.8. The molecule has 1 aromatic carbocycles. The van der Waals surface area contributed by atoms with E-state index in [0.717, 1.165) is 31.6 Å². The molecule has 1 aliphatic heterocycles. The molecule has 1 amide bonds. The van der Waals surface area contributed by atoms with Crippen LogP contribution in [0.5, 0.6) is 5.75 Å². The SMILES string of the molecule is COc1cccc(CCNC(=O)C2NCCCC2(C)C)c1. The minimum atomic E-state index is -0.0865. The Labute approximate surface area is 127 Å². The van der Waals surface area contributed by atoms with Crippen LogP contribution in [0.3, 0.4) is 0 Å². The highest BCUT2D eigenvalue weighted by atomic mass is 16.5. The average Bonchev–Trinajstić information content (AvgIpc) is 2.47. The molecule has 116 valence electrons. The number of rotatable bonds is 5. The Bertz CT molecular complexity index is 485. The van der Waals surface area contributed by atoms with Crippen LogP contribution in [-0.4, -0.2) is 32.1 Å². The van der Waals surface area contributed by atoms with Gasteiger partial charge in [-0.05, 0) is 48.9 Å². The van der Waals surface area contributed by atoms with E-state index in [1.807, 2.05) is 18.2 Å². The molecule has 1 aromatic rings. The summed E-state index contributed by atoms with van der Waals surface area (Å²) in [5.41, 5.74) is 1.20. The minimum absolute atomic E-state index is 0.0261. The van der Waals surface area contributed by atoms with Crippen molar-refractivity contribution in [1.82, 2.24) is 10.6 Å². The van der Waals surface area contributed by atoms with Crippen molar-refractivity contribution in [2.45, 2.75) is 39.2 Å². The summed E-state index contributed by atoms with van der Waals surface area (Å²) in [6.45, 7) is 5.90. The second-order valence-electron chi connectivity index (χ2n) is 6.37. The van der Waals surface area contributed by atoms with E-state index in [1.54, 1.807) is 7.11 Å². The molecular formula is C17H26N2O2. The van der Waals surface area contributed by atoms with Crippen LogP contribution in [0.15, 0.2) is 24.3 Å². The van der Waals surface area contributed by atoms with Crippen molar-refractivity contribution in [3.8, 4) is 5.75 Å². The van der Waals surface area contributed by atoms with E-state index in [2.05, 4.69) is 30.5 Å². The highest BCUT2D eigenvalue weighted by molar-refractivity contribution is 5.82. The first-order valence-corrected chi connectivity index (χ1v) is 7.67. The van der Waals surface area contributed by atoms with Crippen LogP contribution < -0.4 is 15.4 Å². The molecule has 4 heteroatoms. The third-order valence-corrected chi connectivity index (χ3v) is 4.24. The van der Waals surface area contributed by atoms with Gasteiger partial charge < -0.3 is 15.4 Å². The van der Waals surface area contributed by atoms with E-state index in [-0.39, 0.29) is 17.4 Å². The molecule has 1 atom stereocenters. The maximum absolute atomic E-state index is 12.3. The first kappa shape index (κ1) is 15.8. The van der Waals surface area contributed by atoms with Crippen molar-refractivity contribution in [2.24, 2.45) is 5.41 Å². The summed E-state index contributed by atoms with van der Waals surface area (Å²) in [6, 6.07) is 7.88. The third kappa shape index (κ3) is 4.21. The second-order valence-corrected chi connectivity index (χ2v) is 6.37. The highest BCUT2D eigenvalue weighted by Crippen LogP contribution is 2.30. The minimum Gasteiger partial charge on any atom is -0.497 e. The Morgan fingerprint density at radius 2 is 2.29 bits per heavy atom. The van der Waals surface area contributed by atoms with Gasteiger partial charge in [0.05, 0.1) is 13.2 Å². The summed E-state index contributed by atoms with van der Waals surface area (Å²) < 4.78 is 5.21. The van der Waals surface area contributed by atoms with Crippen LogP contribution in [0.2, 0.25) is 0 Å². The molecule has 2 N–H and O–H groups in total. The van der Waals surface area contributed by atoms with Crippen LogP contribution in [-0.2, 0) is 11.2 Å². The van der Waals surface area contributed by atoms with E-state index in [1.165, 1.54) is 5.56 Å². The quantitative estimate of drug-likeness (QED) is 0.873. The summed E-state index contributed by atoms with van der Waals surface area (Å²) in [6.07, 6.45) is 3.05. The number of benzene rings is 1. The van der Waals surface area contributed by atoms with Gasteiger partial charge in [0.2, 0.25) is 5.91 Å². The molecule has 0 bridgehead atoms. The van der Waals surface area contributed by atoms with Gasteiger partial charge in [-0.2, -0.15) is 0 Å². The maximum atomic E-state index is 12.3. The Balaban J connectivity index is 1.83. The van der Waals surface area contributed by atoms with Crippen molar-refractivity contribution < 1.29 is 9.53 Å². The second kappa shape index (κ2) is 6.94. The number of methoxy groups -OCH3 is 1. The van der Waals surface area contributed by atoms with Crippen molar-refractivity contribution >= 4 is 5.91 Å².